The van der Waals surface area contributed by atoms with Crippen LogP contribution in [0.1, 0.15) is 28.4 Å². The van der Waals surface area contributed by atoms with E-state index >= 15 is 0 Å². The number of pyridine rings is 1. The number of ether oxygens (including phenoxy) is 1. The van der Waals surface area contributed by atoms with Gasteiger partial charge in [0.2, 0.25) is 0 Å². The molecule has 5 rings (SSSR count). The van der Waals surface area contributed by atoms with Crippen molar-refractivity contribution >= 4 is 23.1 Å². The lowest BCUT2D eigenvalue weighted by Gasteiger charge is -2.24. The largest absolute Gasteiger partial charge is 0.507 e. The van der Waals surface area contributed by atoms with E-state index < -0.39 is 23.5 Å². The summed E-state index contributed by atoms with van der Waals surface area (Å²) >= 11 is 0. The minimum Gasteiger partial charge on any atom is -0.507 e. The van der Waals surface area contributed by atoms with Crippen molar-refractivity contribution in [2.45, 2.75) is 19.6 Å². The number of nitrogens with zero attached hydrogens (tertiary/aromatic N) is 2. The number of aryl methyl sites for hydroxylation is 1. The van der Waals surface area contributed by atoms with Gasteiger partial charge < -0.3 is 9.84 Å². The van der Waals surface area contributed by atoms with Crippen LogP contribution in [-0.2, 0) is 16.2 Å². The summed E-state index contributed by atoms with van der Waals surface area (Å²) in [6.07, 6.45) is 1.53. The van der Waals surface area contributed by atoms with Crippen LogP contribution in [0.2, 0.25) is 0 Å². The first kappa shape index (κ1) is 23.9. The van der Waals surface area contributed by atoms with Gasteiger partial charge in [-0.3, -0.25) is 19.5 Å². The molecule has 3 aromatic carbocycles. The lowest BCUT2D eigenvalue weighted by atomic mass is 9.97. The van der Waals surface area contributed by atoms with E-state index in [-0.39, 0.29) is 17.0 Å². The molecule has 0 radical (unpaired) electrons. The fourth-order valence-electron chi connectivity index (χ4n) is 4.39. The Kier molecular flexibility index (Phi) is 6.51. The summed E-state index contributed by atoms with van der Waals surface area (Å²) in [6, 6.07) is 24.2. The van der Waals surface area contributed by atoms with Gasteiger partial charge in [-0.25, -0.2) is 4.39 Å². The van der Waals surface area contributed by atoms with Crippen molar-refractivity contribution in [2.75, 3.05) is 4.90 Å². The maximum absolute atomic E-state index is 14.0. The van der Waals surface area contributed by atoms with E-state index in [0.717, 1.165) is 11.1 Å². The van der Waals surface area contributed by atoms with Crippen molar-refractivity contribution in [1.29, 1.82) is 0 Å². The zero-order chi connectivity index (χ0) is 25.9. The van der Waals surface area contributed by atoms with Gasteiger partial charge >= 0.3 is 0 Å². The van der Waals surface area contributed by atoms with Crippen molar-refractivity contribution in [3.05, 3.63) is 131 Å². The molecule has 1 aliphatic heterocycles. The van der Waals surface area contributed by atoms with Crippen molar-refractivity contribution in [3.8, 4) is 5.75 Å². The molecule has 2 heterocycles. The monoisotopic (exact) mass is 494 g/mol. The molecule has 1 aromatic heterocycles. The van der Waals surface area contributed by atoms with Crippen LogP contribution in [0.3, 0.4) is 0 Å². The van der Waals surface area contributed by atoms with Crippen LogP contribution in [0.4, 0.5) is 10.1 Å². The summed E-state index contributed by atoms with van der Waals surface area (Å²) in [4.78, 5) is 31.9. The van der Waals surface area contributed by atoms with Gasteiger partial charge in [0.05, 0.1) is 11.3 Å². The van der Waals surface area contributed by atoms with Crippen LogP contribution in [0.25, 0.3) is 5.76 Å². The third-order valence-corrected chi connectivity index (χ3v) is 6.18. The average molecular weight is 495 g/mol. The van der Waals surface area contributed by atoms with Crippen LogP contribution in [0, 0.1) is 12.7 Å². The predicted octanol–water partition coefficient (Wildman–Crippen LogP) is 5.73. The van der Waals surface area contributed by atoms with Crippen LogP contribution < -0.4 is 9.64 Å². The van der Waals surface area contributed by atoms with E-state index in [1.807, 2.05) is 37.3 Å². The van der Waals surface area contributed by atoms with Crippen molar-refractivity contribution in [1.82, 2.24) is 4.98 Å². The molecule has 184 valence electrons. The number of benzene rings is 3. The van der Waals surface area contributed by atoms with Crippen molar-refractivity contribution in [3.63, 3.8) is 0 Å². The van der Waals surface area contributed by atoms with Crippen LogP contribution in [-0.4, -0.2) is 21.8 Å². The van der Waals surface area contributed by atoms with Crippen LogP contribution in [0.5, 0.6) is 5.75 Å². The Labute approximate surface area is 213 Å². The highest BCUT2D eigenvalue weighted by atomic mass is 19.1. The fourth-order valence-corrected chi connectivity index (χ4v) is 4.39. The number of amides is 1. The molecule has 0 saturated carbocycles. The number of aliphatic hydroxyl groups is 1. The summed E-state index contributed by atoms with van der Waals surface area (Å²) in [5, 5.41) is 11.3. The summed E-state index contributed by atoms with van der Waals surface area (Å²) in [5.41, 5.74) is 2.55. The van der Waals surface area contributed by atoms with E-state index in [0.29, 0.717) is 23.6 Å². The normalized spacial score (nSPS) is 16.7. The van der Waals surface area contributed by atoms with E-state index in [1.54, 1.807) is 36.4 Å². The number of aromatic nitrogens is 1. The molecule has 0 spiro atoms. The second kappa shape index (κ2) is 10.1. The molecule has 1 unspecified atom stereocenters. The van der Waals surface area contributed by atoms with Crippen LogP contribution >= 0.6 is 0 Å². The second-order valence-electron chi connectivity index (χ2n) is 8.66. The van der Waals surface area contributed by atoms with Gasteiger partial charge in [-0.05, 0) is 66.6 Å². The Hall–Kier alpha value is -4.78. The lowest BCUT2D eigenvalue weighted by molar-refractivity contribution is -0.132. The van der Waals surface area contributed by atoms with Gasteiger partial charge in [-0.15, -0.1) is 0 Å². The minimum absolute atomic E-state index is 0.120. The summed E-state index contributed by atoms with van der Waals surface area (Å²) in [5.74, 6) is -2.02. The second-order valence-corrected chi connectivity index (χ2v) is 8.66. The van der Waals surface area contributed by atoms with E-state index in [9.17, 15) is 19.1 Å². The lowest BCUT2D eigenvalue weighted by Crippen LogP contribution is -2.29. The van der Waals surface area contributed by atoms with Gasteiger partial charge in [-0.2, -0.15) is 0 Å². The Morgan fingerprint density at radius 3 is 2.46 bits per heavy atom. The highest BCUT2D eigenvalue weighted by Crippen LogP contribution is 2.41. The van der Waals surface area contributed by atoms with Gasteiger partial charge in [0.25, 0.3) is 11.7 Å². The molecule has 7 heteroatoms. The first-order valence-corrected chi connectivity index (χ1v) is 11.7. The molecular formula is C30H23FN2O4. The van der Waals surface area contributed by atoms with E-state index in [2.05, 4.69) is 4.98 Å². The predicted molar refractivity (Wildman–Crippen MR) is 137 cm³/mol. The number of aliphatic hydroxyl groups excluding tert-OH is 1. The Balaban J connectivity index is 1.55. The number of ketones is 1. The van der Waals surface area contributed by atoms with Gasteiger partial charge in [-0.1, -0.05) is 42.5 Å². The number of anilines is 1. The molecule has 1 saturated heterocycles. The highest BCUT2D eigenvalue weighted by Gasteiger charge is 2.47. The maximum Gasteiger partial charge on any atom is 0.300 e. The molecule has 0 bridgehead atoms. The molecule has 37 heavy (non-hydrogen) atoms. The van der Waals surface area contributed by atoms with Gasteiger partial charge in [0, 0.05) is 17.4 Å². The smallest absolute Gasteiger partial charge is 0.300 e. The number of carbonyl (C=O) groups is 2. The average Bonchev–Trinajstić information content (AvgIpc) is 3.18. The summed E-state index contributed by atoms with van der Waals surface area (Å²) in [6.45, 7) is 2.21. The zero-order valence-corrected chi connectivity index (χ0v) is 20.0. The Bertz CT molecular complexity index is 1500. The molecule has 4 aromatic rings. The standard InChI is InChI=1S/C30H23FN2O4/c1-19-16-21(13-14-25(19)37-18-20-8-3-2-4-9-20)28(34)26-27(24-12-5-6-15-32-24)33(30(36)29(26)35)23-11-7-10-22(31)17-23/h2-17,27,34H,18H2,1H3/b28-26+. The Morgan fingerprint density at radius 1 is 0.973 bits per heavy atom. The third-order valence-electron chi connectivity index (χ3n) is 6.18. The Morgan fingerprint density at radius 2 is 1.76 bits per heavy atom. The number of hydrogen-bond acceptors (Lipinski definition) is 5. The van der Waals surface area contributed by atoms with Crippen LogP contribution in [0.15, 0.2) is 103 Å². The number of hydrogen-bond donors (Lipinski definition) is 1. The van der Waals surface area contributed by atoms with Crippen molar-refractivity contribution < 1.29 is 23.8 Å². The fraction of sp³-hybridized carbons (Fsp3) is 0.100. The summed E-state index contributed by atoms with van der Waals surface area (Å²) < 4.78 is 20.0. The zero-order valence-electron chi connectivity index (χ0n) is 20.0. The third kappa shape index (κ3) is 4.71. The minimum atomic E-state index is -1.03. The molecule has 1 fully saturated rings. The first-order valence-electron chi connectivity index (χ1n) is 11.7. The van der Waals surface area contributed by atoms with E-state index in [1.165, 1.54) is 35.4 Å². The molecule has 1 N–H and O–H groups in total. The number of halogens is 1. The molecule has 6 nitrogen and oxygen atoms in total. The molecule has 1 amide bonds. The maximum atomic E-state index is 14.0. The number of Topliss-reactive ketones (excluding diaryl/α,β-unsaturated/α-hetero) is 1. The molecule has 1 aliphatic rings. The number of rotatable bonds is 6. The highest BCUT2D eigenvalue weighted by molar-refractivity contribution is 6.51. The van der Waals surface area contributed by atoms with Crippen molar-refractivity contribution in [2.24, 2.45) is 0 Å². The first-order chi connectivity index (χ1) is 17.9. The quantitative estimate of drug-likeness (QED) is 0.210. The van der Waals surface area contributed by atoms with Gasteiger partial charge in [0.1, 0.15) is 30.0 Å². The summed E-state index contributed by atoms with van der Waals surface area (Å²) in [7, 11) is 0. The molecule has 1 atom stereocenters. The SMILES string of the molecule is Cc1cc(/C(O)=C2\C(=O)C(=O)N(c3cccc(F)c3)C2c2ccccn2)ccc1OCc1ccccc1. The van der Waals surface area contributed by atoms with Gasteiger partial charge in [0.15, 0.2) is 0 Å². The molecule has 0 aliphatic carbocycles. The number of carbonyl (C=O) groups excluding carboxylic acids is 2. The topological polar surface area (TPSA) is 79.7 Å². The molecular weight excluding hydrogens is 471 g/mol. The van der Waals surface area contributed by atoms with E-state index in [4.69, 9.17) is 4.74 Å².